The minimum absolute atomic E-state index is 0.0861. The van der Waals surface area contributed by atoms with Gasteiger partial charge in [-0.05, 0) is 37.3 Å². The van der Waals surface area contributed by atoms with Crippen LogP contribution in [0.5, 0.6) is 0 Å². The van der Waals surface area contributed by atoms with Crippen molar-refractivity contribution in [2.75, 3.05) is 6.54 Å². The quantitative estimate of drug-likeness (QED) is 0.578. The van der Waals surface area contributed by atoms with Crippen LogP contribution < -0.4 is 5.11 Å². The molecule has 0 spiro atoms. The van der Waals surface area contributed by atoms with E-state index in [2.05, 4.69) is 6.92 Å². The zero-order valence-electron chi connectivity index (χ0n) is 12.6. The first kappa shape index (κ1) is 16.3. The average Bonchev–Trinajstić information content (AvgIpc) is 2.93. The molecule has 2 fully saturated rings. The highest BCUT2D eigenvalue weighted by Gasteiger charge is 2.37. The van der Waals surface area contributed by atoms with E-state index in [4.69, 9.17) is 16.6 Å². The molecule has 5 nitrogen and oxygen atoms in total. The second-order valence-electron chi connectivity index (χ2n) is 5.87. The molecule has 0 unspecified atom stereocenters. The number of rotatable bonds is 6. The molecule has 7 heteroatoms. The summed E-state index contributed by atoms with van der Waals surface area (Å²) in [6.45, 7) is 2.48. The Morgan fingerprint density at radius 2 is 2.30 bits per heavy atom. The highest BCUT2D eigenvalue weighted by Crippen LogP contribution is 2.47. The zero-order valence-corrected chi connectivity index (χ0v) is 14.2. The summed E-state index contributed by atoms with van der Waals surface area (Å²) in [6, 6.07) is 3.82. The predicted octanol–water partition coefficient (Wildman–Crippen LogP) is 2.13. The Kier molecular flexibility index (Phi) is 4.59. The lowest BCUT2D eigenvalue weighted by Gasteiger charge is -2.14. The van der Waals surface area contributed by atoms with Crippen molar-refractivity contribution in [3.8, 4) is 0 Å². The molecule has 1 aromatic heterocycles. The Morgan fingerprint density at radius 3 is 2.96 bits per heavy atom. The van der Waals surface area contributed by atoms with Gasteiger partial charge in [0.2, 0.25) is 0 Å². The van der Waals surface area contributed by atoms with Crippen molar-refractivity contribution in [1.82, 2.24) is 4.90 Å². The fourth-order valence-corrected chi connectivity index (χ4v) is 3.86. The monoisotopic (exact) mass is 350 g/mol. The number of thioether (sulfide) groups is 1. The Morgan fingerprint density at radius 1 is 1.57 bits per heavy atom. The summed E-state index contributed by atoms with van der Waals surface area (Å²) in [5.41, 5.74) is 0. The molecule has 3 rings (SSSR count). The molecule has 0 bridgehead atoms. The van der Waals surface area contributed by atoms with E-state index in [0.717, 1.165) is 12.2 Å². The average molecular weight is 350 g/mol. The summed E-state index contributed by atoms with van der Waals surface area (Å²) in [7, 11) is 0. The molecule has 2 heterocycles. The van der Waals surface area contributed by atoms with E-state index in [1.54, 1.807) is 6.08 Å². The Balaban J connectivity index is 1.66. The third kappa shape index (κ3) is 3.67. The zero-order chi connectivity index (χ0) is 16.6. The maximum Gasteiger partial charge on any atom is 0.266 e. The van der Waals surface area contributed by atoms with Gasteiger partial charge in [-0.2, -0.15) is 0 Å². The van der Waals surface area contributed by atoms with Crippen molar-refractivity contribution >= 4 is 46.3 Å². The maximum atomic E-state index is 12.3. The summed E-state index contributed by atoms with van der Waals surface area (Å²) in [5, 5.41) is 10.5. The number of aliphatic carboxylic acids is 1. The highest BCUT2D eigenvalue weighted by molar-refractivity contribution is 8.26. The van der Waals surface area contributed by atoms with Gasteiger partial charge in [0.1, 0.15) is 15.8 Å². The van der Waals surface area contributed by atoms with Crippen molar-refractivity contribution in [3.05, 3.63) is 28.6 Å². The van der Waals surface area contributed by atoms with Crippen LogP contribution in [-0.2, 0) is 9.59 Å². The molecule has 1 saturated carbocycles. The molecule has 0 aromatic carbocycles. The summed E-state index contributed by atoms with van der Waals surface area (Å²) in [6.07, 6.45) is 3.09. The van der Waals surface area contributed by atoms with Gasteiger partial charge < -0.3 is 14.3 Å². The Hall–Kier alpha value is -1.60. The Bertz CT molecular complexity index is 694. The number of amides is 1. The molecule has 1 amide bonds. The van der Waals surface area contributed by atoms with Gasteiger partial charge in [0.15, 0.2) is 0 Å². The van der Waals surface area contributed by atoms with Gasteiger partial charge >= 0.3 is 0 Å². The van der Waals surface area contributed by atoms with Crippen molar-refractivity contribution in [2.45, 2.75) is 32.1 Å². The molecule has 122 valence electrons. The normalized spacial score (nSPS) is 25.4. The molecule has 1 aliphatic heterocycles. The van der Waals surface area contributed by atoms with Crippen LogP contribution in [-0.4, -0.2) is 27.6 Å². The highest BCUT2D eigenvalue weighted by atomic mass is 32.2. The number of carbonyl (C=O) groups is 2. The van der Waals surface area contributed by atoms with Gasteiger partial charge in [-0.3, -0.25) is 9.69 Å². The van der Waals surface area contributed by atoms with Crippen LogP contribution in [0.2, 0.25) is 0 Å². The molecule has 1 saturated heterocycles. The summed E-state index contributed by atoms with van der Waals surface area (Å²) < 4.78 is 6.23. The van der Waals surface area contributed by atoms with Crippen molar-refractivity contribution in [1.29, 1.82) is 0 Å². The van der Waals surface area contributed by atoms with Gasteiger partial charge in [0, 0.05) is 24.5 Å². The van der Waals surface area contributed by atoms with E-state index in [-0.39, 0.29) is 12.3 Å². The van der Waals surface area contributed by atoms with Crippen LogP contribution in [0.3, 0.4) is 0 Å². The molecular formula is C16H16NO4S2-. The molecule has 2 aliphatic rings. The van der Waals surface area contributed by atoms with E-state index < -0.39 is 5.97 Å². The second kappa shape index (κ2) is 6.49. The molecule has 0 N–H and O–H groups in total. The third-order valence-corrected chi connectivity index (χ3v) is 5.41. The van der Waals surface area contributed by atoms with Crippen LogP contribution in [0, 0.1) is 5.92 Å². The minimum Gasteiger partial charge on any atom is -0.550 e. The molecule has 2 atom stereocenters. The van der Waals surface area contributed by atoms with Gasteiger partial charge in [-0.1, -0.05) is 30.9 Å². The predicted molar refractivity (Wildman–Crippen MR) is 89.4 cm³/mol. The molecule has 0 radical (unpaired) electrons. The first-order chi connectivity index (χ1) is 11.0. The van der Waals surface area contributed by atoms with Crippen molar-refractivity contribution in [3.63, 3.8) is 0 Å². The van der Waals surface area contributed by atoms with Gasteiger partial charge in [0.25, 0.3) is 5.91 Å². The number of carboxylic acid groups (broad SMARTS) is 1. The van der Waals surface area contributed by atoms with Crippen molar-refractivity contribution < 1.29 is 19.1 Å². The summed E-state index contributed by atoms with van der Waals surface area (Å²) in [5.74, 6) is 1.45. The largest absolute Gasteiger partial charge is 0.550 e. The van der Waals surface area contributed by atoms with E-state index in [0.29, 0.717) is 39.8 Å². The van der Waals surface area contributed by atoms with E-state index in [9.17, 15) is 14.7 Å². The topological polar surface area (TPSA) is 73.6 Å². The molecule has 1 aromatic rings. The number of nitrogens with zero attached hydrogens (tertiary/aromatic N) is 1. The number of hydrogen-bond acceptors (Lipinski definition) is 6. The fraction of sp³-hybridized carbons (Fsp3) is 0.438. The third-order valence-electron chi connectivity index (χ3n) is 4.03. The van der Waals surface area contributed by atoms with Gasteiger partial charge in [-0.15, -0.1) is 0 Å². The first-order valence-electron chi connectivity index (χ1n) is 7.50. The van der Waals surface area contributed by atoms with Crippen LogP contribution in [0.15, 0.2) is 21.5 Å². The Labute approximate surface area is 143 Å². The standard InChI is InChI=1S/C16H17NO4S2/c1-9-7-11(9)12-5-4-10(21-12)8-13-15(20)17(16(22)23-13)6-2-3-14(18)19/h4-5,8-9,11H,2-3,6-7H2,1H3,(H,18,19)/p-1/b13-8-/t9-,11-/m1/s1. The van der Waals surface area contributed by atoms with Crippen LogP contribution >= 0.6 is 24.0 Å². The fourth-order valence-electron chi connectivity index (χ4n) is 2.57. The van der Waals surface area contributed by atoms with E-state index in [1.165, 1.54) is 16.7 Å². The number of carbonyl (C=O) groups excluding carboxylic acids is 2. The van der Waals surface area contributed by atoms with Crippen LogP contribution in [0.4, 0.5) is 0 Å². The van der Waals surface area contributed by atoms with E-state index in [1.807, 2.05) is 12.1 Å². The van der Waals surface area contributed by atoms with Crippen LogP contribution in [0.1, 0.15) is 43.6 Å². The lowest BCUT2D eigenvalue weighted by molar-refractivity contribution is -0.305. The second-order valence-corrected chi connectivity index (χ2v) is 7.54. The first-order valence-corrected chi connectivity index (χ1v) is 8.73. The summed E-state index contributed by atoms with van der Waals surface area (Å²) in [4.78, 5) is 24.7. The van der Waals surface area contributed by atoms with Gasteiger partial charge in [0.05, 0.1) is 4.91 Å². The number of hydrogen-bond donors (Lipinski definition) is 0. The lowest BCUT2D eigenvalue weighted by Crippen LogP contribution is -2.30. The van der Waals surface area contributed by atoms with Crippen LogP contribution in [0.25, 0.3) is 6.08 Å². The lowest BCUT2D eigenvalue weighted by atomic mass is 10.3. The number of thiocarbonyl (C=S) groups is 1. The van der Waals surface area contributed by atoms with Crippen molar-refractivity contribution in [2.24, 2.45) is 5.92 Å². The minimum atomic E-state index is -1.12. The van der Waals surface area contributed by atoms with Gasteiger partial charge in [-0.25, -0.2) is 0 Å². The molecular weight excluding hydrogens is 334 g/mol. The van der Waals surface area contributed by atoms with E-state index >= 15 is 0 Å². The SMILES string of the molecule is C[C@@H]1C[C@H]1c1ccc(/C=C2\SC(=S)N(CCCC(=O)[O-])C2=O)o1. The smallest absolute Gasteiger partial charge is 0.266 e. The molecule has 23 heavy (non-hydrogen) atoms. The maximum absolute atomic E-state index is 12.3. The summed E-state index contributed by atoms with van der Waals surface area (Å²) >= 11 is 6.41. The molecule has 1 aliphatic carbocycles. The number of carboxylic acids is 1. The number of furan rings is 1.